The predicted molar refractivity (Wildman–Crippen MR) is 74.3 cm³/mol. The number of ether oxygens (including phenoxy) is 1. The van der Waals surface area contributed by atoms with Gasteiger partial charge in [-0.1, -0.05) is 6.07 Å². The van der Waals surface area contributed by atoms with Crippen molar-refractivity contribution in [2.45, 2.75) is 6.42 Å². The van der Waals surface area contributed by atoms with E-state index in [1.807, 2.05) is 0 Å². The highest BCUT2D eigenvalue weighted by Gasteiger charge is 2.29. The van der Waals surface area contributed by atoms with Crippen molar-refractivity contribution in [2.24, 2.45) is 5.92 Å². The highest BCUT2D eigenvalue weighted by molar-refractivity contribution is 5.92. The van der Waals surface area contributed by atoms with Gasteiger partial charge in [-0.25, -0.2) is 4.39 Å². The number of methoxy groups -OCH3 is 1. The van der Waals surface area contributed by atoms with E-state index in [0.29, 0.717) is 18.5 Å². The minimum Gasteiger partial charge on any atom is -0.494 e. The number of nitrogens with zero attached hydrogens (tertiary/aromatic N) is 1. The first-order valence-corrected chi connectivity index (χ1v) is 6.54. The highest BCUT2D eigenvalue weighted by atomic mass is 19.1. The van der Waals surface area contributed by atoms with Gasteiger partial charge in [-0.15, -0.1) is 0 Å². The lowest BCUT2D eigenvalue weighted by atomic mass is 10.1. The zero-order chi connectivity index (χ0) is 15.4. The Hall–Kier alpha value is -2.37. The molecule has 6 heteroatoms. The Morgan fingerprint density at radius 3 is 2.81 bits per heavy atom. The first-order chi connectivity index (χ1) is 10.0. The number of aliphatic carboxylic acids is 1. The molecule has 0 aromatic heterocycles. The Kier molecular flexibility index (Phi) is 4.57. The van der Waals surface area contributed by atoms with E-state index in [2.05, 4.69) is 0 Å². The highest BCUT2D eigenvalue weighted by Crippen LogP contribution is 2.19. The number of hydrogen-bond acceptors (Lipinski definition) is 3. The number of rotatable bonds is 4. The number of carboxylic acids is 1. The summed E-state index contributed by atoms with van der Waals surface area (Å²) in [5.74, 6) is -2.01. The Morgan fingerprint density at radius 2 is 2.24 bits per heavy atom. The Bertz CT molecular complexity index is 585. The number of carboxylic acid groups (broad SMARTS) is 1. The lowest BCUT2D eigenvalue weighted by Crippen LogP contribution is -2.28. The maximum absolute atomic E-state index is 13.5. The zero-order valence-corrected chi connectivity index (χ0v) is 11.6. The summed E-state index contributed by atoms with van der Waals surface area (Å²) in [7, 11) is 1.38. The smallest absolute Gasteiger partial charge is 0.308 e. The third-order valence-corrected chi connectivity index (χ3v) is 3.44. The third-order valence-electron chi connectivity index (χ3n) is 3.44. The van der Waals surface area contributed by atoms with E-state index >= 15 is 0 Å². The van der Waals surface area contributed by atoms with Crippen LogP contribution in [0.25, 0.3) is 6.08 Å². The molecule has 0 bridgehead atoms. The molecule has 21 heavy (non-hydrogen) atoms. The van der Waals surface area contributed by atoms with Gasteiger partial charge in [0.2, 0.25) is 5.91 Å². The summed E-state index contributed by atoms with van der Waals surface area (Å²) in [6.07, 6.45) is 3.29. The first-order valence-electron chi connectivity index (χ1n) is 6.54. The van der Waals surface area contributed by atoms with E-state index in [1.165, 1.54) is 36.3 Å². The molecule has 1 N–H and O–H groups in total. The fraction of sp³-hybridized carbons (Fsp3) is 0.333. The van der Waals surface area contributed by atoms with Gasteiger partial charge in [0.05, 0.1) is 13.0 Å². The summed E-state index contributed by atoms with van der Waals surface area (Å²) in [6.45, 7) is 0.645. The fourth-order valence-electron chi connectivity index (χ4n) is 2.22. The molecule has 1 aliphatic heterocycles. The number of carbonyl (C=O) groups excluding carboxylic acids is 1. The molecule has 1 aromatic carbocycles. The van der Waals surface area contributed by atoms with Gasteiger partial charge in [-0.05, 0) is 30.2 Å². The molecule has 2 rings (SSSR count). The molecule has 1 saturated heterocycles. The van der Waals surface area contributed by atoms with Crippen LogP contribution in [0, 0.1) is 11.7 Å². The summed E-state index contributed by atoms with van der Waals surface area (Å²) in [6, 6.07) is 4.39. The van der Waals surface area contributed by atoms with Gasteiger partial charge in [0.1, 0.15) is 0 Å². The molecule has 1 aliphatic rings. The lowest BCUT2D eigenvalue weighted by molar-refractivity contribution is -0.141. The molecule has 1 fully saturated rings. The van der Waals surface area contributed by atoms with Crippen LogP contribution in [0.2, 0.25) is 0 Å². The van der Waals surface area contributed by atoms with Crippen molar-refractivity contribution in [3.8, 4) is 5.75 Å². The topological polar surface area (TPSA) is 66.8 Å². The predicted octanol–water partition coefficient (Wildman–Crippen LogP) is 1.78. The third kappa shape index (κ3) is 3.59. The zero-order valence-electron chi connectivity index (χ0n) is 11.6. The quantitative estimate of drug-likeness (QED) is 0.859. The maximum Gasteiger partial charge on any atom is 0.308 e. The minimum atomic E-state index is -0.883. The fourth-order valence-corrected chi connectivity index (χ4v) is 2.22. The maximum atomic E-state index is 13.5. The van der Waals surface area contributed by atoms with Crippen molar-refractivity contribution >= 4 is 18.0 Å². The summed E-state index contributed by atoms with van der Waals surface area (Å²) in [4.78, 5) is 24.2. The van der Waals surface area contributed by atoms with Crippen LogP contribution < -0.4 is 4.74 Å². The largest absolute Gasteiger partial charge is 0.494 e. The minimum absolute atomic E-state index is 0.141. The van der Waals surface area contributed by atoms with Crippen LogP contribution in [0.4, 0.5) is 4.39 Å². The number of halogens is 1. The van der Waals surface area contributed by atoms with Gasteiger partial charge in [0, 0.05) is 19.2 Å². The SMILES string of the molecule is COc1ccc(C=CC(=O)N2CCC(C(=O)O)C2)cc1F. The second-order valence-electron chi connectivity index (χ2n) is 4.84. The van der Waals surface area contributed by atoms with Crippen molar-refractivity contribution in [2.75, 3.05) is 20.2 Å². The number of hydrogen-bond donors (Lipinski definition) is 1. The Labute approximate surface area is 121 Å². The molecule has 0 aliphatic carbocycles. The number of amides is 1. The Morgan fingerprint density at radius 1 is 1.48 bits per heavy atom. The monoisotopic (exact) mass is 293 g/mol. The molecule has 1 unspecified atom stereocenters. The molecule has 5 nitrogen and oxygen atoms in total. The van der Waals surface area contributed by atoms with Crippen molar-refractivity contribution in [3.63, 3.8) is 0 Å². The average molecular weight is 293 g/mol. The summed E-state index contributed by atoms with van der Waals surface area (Å²) in [5.41, 5.74) is 0.538. The molecule has 0 spiro atoms. The average Bonchev–Trinajstić information content (AvgIpc) is 2.95. The molecule has 112 valence electrons. The summed E-state index contributed by atoms with van der Waals surface area (Å²) >= 11 is 0. The summed E-state index contributed by atoms with van der Waals surface area (Å²) in [5, 5.41) is 8.89. The van der Waals surface area contributed by atoms with Gasteiger partial charge in [0.25, 0.3) is 0 Å². The summed E-state index contributed by atoms with van der Waals surface area (Å²) < 4.78 is 18.3. The Balaban J connectivity index is 1.99. The first kappa shape index (κ1) is 15.0. The second-order valence-corrected chi connectivity index (χ2v) is 4.84. The van der Waals surface area contributed by atoms with Crippen LogP contribution in [0.15, 0.2) is 24.3 Å². The second kappa shape index (κ2) is 6.39. The molecule has 0 saturated carbocycles. The van der Waals surface area contributed by atoms with E-state index in [-0.39, 0.29) is 18.2 Å². The van der Waals surface area contributed by atoms with Crippen LogP contribution in [-0.2, 0) is 9.59 Å². The molecular formula is C15H16FNO4. The van der Waals surface area contributed by atoms with Crippen LogP contribution in [-0.4, -0.2) is 42.1 Å². The van der Waals surface area contributed by atoms with Crippen LogP contribution in [0.3, 0.4) is 0 Å². The molecule has 1 heterocycles. The van der Waals surface area contributed by atoms with Crippen molar-refractivity contribution in [3.05, 3.63) is 35.7 Å². The molecule has 0 radical (unpaired) electrons. The van der Waals surface area contributed by atoms with Gasteiger partial charge in [-0.3, -0.25) is 9.59 Å². The van der Waals surface area contributed by atoms with E-state index in [4.69, 9.17) is 9.84 Å². The number of benzene rings is 1. The van der Waals surface area contributed by atoms with Crippen LogP contribution in [0.1, 0.15) is 12.0 Å². The molecule has 1 aromatic rings. The van der Waals surface area contributed by atoms with E-state index in [0.717, 1.165) is 0 Å². The van der Waals surface area contributed by atoms with Crippen molar-refractivity contribution in [1.82, 2.24) is 4.90 Å². The van der Waals surface area contributed by atoms with Gasteiger partial charge >= 0.3 is 5.97 Å². The number of likely N-dealkylation sites (tertiary alicyclic amines) is 1. The van der Waals surface area contributed by atoms with Crippen molar-refractivity contribution < 1.29 is 23.8 Å². The van der Waals surface area contributed by atoms with Crippen LogP contribution in [0.5, 0.6) is 5.75 Å². The molecule has 1 amide bonds. The van der Waals surface area contributed by atoms with E-state index in [1.54, 1.807) is 6.07 Å². The molecule has 1 atom stereocenters. The van der Waals surface area contributed by atoms with Crippen LogP contribution >= 0.6 is 0 Å². The van der Waals surface area contributed by atoms with E-state index in [9.17, 15) is 14.0 Å². The number of carbonyl (C=O) groups is 2. The van der Waals surface area contributed by atoms with Crippen molar-refractivity contribution in [1.29, 1.82) is 0 Å². The van der Waals surface area contributed by atoms with Gasteiger partial charge < -0.3 is 14.7 Å². The van der Waals surface area contributed by atoms with Gasteiger partial charge in [-0.2, -0.15) is 0 Å². The standard InChI is InChI=1S/C15H16FNO4/c1-21-13-4-2-10(8-12(13)16)3-5-14(18)17-7-6-11(9-17)15(19)20/h2-5,8,11H,6-7,9H2,1H3,(H,19,20). The van der Waals surface area contributed by atoms with Gasteiger partial charge in [0.15, 0.2) is 11.6 Å². The lowest BCUT2D eigenvalue weighted by Gasteiger charge is -2.12. The van der Waals surface area contributed by atoms with E-state index < -0.39 is 17.7 Å². The molecular weight excluding hydrogens is 277 g/mol. The normalized spacial score (nSPS) is 18.2.